The van der Waals surface area contributed by atoms with Crippen LogP contribution in [0.5, 0.6) is 5.75 Å². The number of amides is 3. The molecule has 3 aliphatic rings. The molecule has 0 radical (unpaired) electrons. The van der Waals surface area contributed by atoms with Crippen molar-refractivity contribution in [2.24, 2.45) is 5.92 Å². The maximum absolute atomic E-state index is 12.8. The Hall–Kier alpha value is -1.80. The standard InChI is InChI=1S/C22H29ClN2O5S/c23-18-10-17(11-19(12-18)30-14-16-4-5-16)22(6-7-22)15-31(28,29)9-3-1-2-8-25-13-20(26)24-21(25)27/h10-12,16H,1-9,13-15H2,(H,24,26,27). The van der Waals surface area contributed by atoms with Gasteiger partial charge in [-0.3, -0.25) is 10.1 Å². The second-order valence-corrected chi connectivity index (χ2v) is 11.8. The number of rotatable bonds is 12. The first-order chi connectivity index (χ1) is 14.7. The van der Waals surface area contributed by atoms with E-state index in [2.05, 4.69) is 5.32 Å². The normalized spacial score (nSPS) is 20.1. The summed E-state index contributed by atoms with van der Waals surface area (Å²) in [6, 6.07) is 5.26. The number of halogens is 1. The number of carbonyl (C=O) groups excluding carboxylic acids is 2. The number of urea groups is 1. The number of ether oxygens (including phenoxy) is 1. The van der Waals surface area contributed by atoms with Gasteiger partial charge < -0.3 is 9.64 Å². The van der Waals surface area contributed by atoms with Crippen LogP contribution in [0.1, 0.15) is 50.5 Å². The molecular weight excluding hydrogens is 440 g/mol. The van der Waals surface area contributed by atoms with Gasteiger partial charge in [-0.15, -0.1) is 0 Å². The highest BCUT2D eigenvalue weighted by molar-refractivity contribution is 7.91. The Bertz CT molecular complexity index is 957. The summed E-state index contributed by atoms with van der Waals surface area (Å²) in [4.78, 5) is 24.1. The van der Waals surface area contributed by atoms with E-state index in [1.54, 1.807) is 6.07 Å². The SMILES string of the molecule is O=C1CN(CCCCCS(=O)(=O)CC2(c3cc(Cl)cc(OCC4CC4)c3)CC2)C(=O)N1. The first-order valence-electron chi connectivity index (χ1n) is 11.0. The number of unbranched alkanes of at least 4 members (excludes halogenated alkanes) is 2. The molecule has 0 atom stereocenters. The maximum atomic E-state index is 12.8. The van der Waals surface area contributed by atoms with Crippen molar-refractivity contribution in [1.29, 1.82) is 0 Å². The summed E-state index contributed by atoms with van der Waals surface area (Å²) in [7, 11) is -3.22. The van der Waals surface area contributed by atoms with Crippen molar-refractivity contribution in [2.45, 2.75) is 50.4 Å². The van der Waals surface area contributed by atoms with Gasteiger partial charge >= 0.3 is 6.03 Å². The van der Waals surface area contributed by atoms with Crippen molar-refractivity contribution < 1.29 is 22.7 Å². The summed E-state index contributed by atoms with van der Waals surface area (Å²) in [5, 5.41) is 2.82. The maximum Gasteiger partial charge on any atom is 0.324 e. The zero-order valence-corrected chi connectivity index (χ0v) is 19.1. The van der Waals surface area contributed by atoms with E-state index >= 15 is 0 Å². The van der Waals surface area contributed by atoms with Crippen LogP contribution < -0.4 is 10.1 Å². The van der Waals surface area contributed by atoms with Gasteiger partial charge in [-0.05, 0) is 68.2 Å². The van der Waals surface area contributed by atoms with Crippen molar-refractivity contribution in [3.05, 3.63) is 28.8 Å². The van der Waals surface area contributed by atoms with E-state index in [0.29, 0.717) is 43.4 Å². The van der Waals surface area contributed by atoms with Gasteiger partial charge in [0.1, 0.15) is 12.3 Å². The topological polar surface area (TPSA) is 92.8 Å². The van der Waals surface area contributed by atoms with Gasteiger partial charge in [-0.1, -0.05) is 18.0 Å². The van der Waals surface area contributed by atoms with Gasteiger partial charge in [-0.25, -0.2) is 13.2 Å². The highest BCUT2D eigenvalue weighted by Crippen LogP contribution is 2.50. The second-order valence-electron chi connectivity index (χ2n) is 9.14. The van der Waals surface area contributed by atoms with Gasteiger partial charge in [0, 0.05) is 17.0 Å². The van der Waals surface area contributed by atoms with Crippen LogP contribution in [0.4, 0.5) is 4.79 Å². The summed E-state index contributed by atoms with van der Waals surface area (Å²) in [6.45, 7) is 1.25. The summed E-state index contributed by atoms with van der Waals surface area (Å²) < 4.78 is 31.4. The van der Waals surface area contributed by atoms with E-state index in [1.807, 2.05) is 12.1 Å². The summed E-state index contributed by atoms with van der Waals surface area (Å²) in [5.41, 5.74) is 0.606. The van der Waals surface area contributed by atoms with Crippen LogP contribution in [0.15, 0.2) is 18.2 Å². The van der Waals surface area contributed by atoms with Gasteiger partial charge in [0.05, 0.1) is 18.1 Å². The average molecular weight is 469 g/mol. The fourth-order valence-electron chi connectivity index (χ4n) is 4.08. The minimum atomic E-state index is -3.22. The minimum Gasteiger partial charge on any atom is -0.493 e. The molecule has 1 aromatic rings. The molecule has 3 fully saturated rings. The number of carbonyl (C=O) groups is 2. The third-order valence-electron chi connectivity index (χ3n) is 6.27. The predicted molar refractivity (Wildman–Crippen MR) is 118 cm³/mol. The molecule has 0 spiro atoms. The number of imide groups is 1. The lowest BCUT2D eigenvalue weighted by atomic mass is 9.98. The molecule has 9 heteroatoms. The number of hydrogen-bond donors (Lipinski definition) is 1. The van der Waals surface area contributed by atoms with Crippen LogP contribution >= 0.6 is 11.6 Å². The smallest absolute Gasteiger partial charge is 0.324 e. The molecule has 1 heterocycles. The molecule has 1 aromatic carbocycles. The van der Waals surface area contributed by atoms with Crippen molar-refractivity contribution in [1.82, 2.24) is 10.2 Å². The van der Waals surface area contributed by atoms with E-state index in [-0.39, 0.29) is 35.4 Å². The van der Waals surface area contributed by atoms with Gasteiger partial charge in [0.25, 0.3) is 0 Å². The Morgan fingerprint density at radius 3 is 2.55 bits per heavy atom. The molecule has 3 amide bonds. The fourth-order valence-corrected chi connectivity index (χ4v) is 6.39. The lowest BCUT2D eigenvalue weighted by Gasteiger charge is -2.18. The molecule has 31 heavy (non-hydrogen) atoms. The van der Waals surface area contributed by atoms with Crippen LogP contribution in [-0.4, -0.2) is 56.5 Å². The van der Waals surface area contributed by atoms with Gasteiger partial charge in [0.2, 0.25) is 5.91 Å². The first-order valence-corrected chi connectivity index (χ1v) is 13.2. The Morgan fingerprint density at radius 1 is 1.13 bits per heavy atom. The third kappa shape index (κ3) is 6.13. The van der Waals surface area contributed by atoms with E-state index in [1.165, 1.54) is 17.7 Å². The summed E-state index contributed by atoms with van der Waals surface area (Å²) in [5.74, 6) is 1.33. The first kappa shape index (κ1) is 22.4. The Morgan fingerprint density at radius 2 is 1.90 bits per heavy atom. The molecule has 2 aliphatic carbocycles. The van der Waals surface area contributed by atoms with E-state index in [0.717, 1.165) is 24.2 Å². The lowest BCUT2D eigenvalue weighted by molar-refractivity contribution is -0.118. The highest BCUT2D eigenvalue weighted by atomic mass is 35.5. The third-order valence-corrected chi connectivity index (χ3v) is 8.39. The van der Waals surface area contributed by atoms with Crippen LogP contribution in [0.25, 0.3) is 0 Å². The van der Waals surface area contributed by atoms with E-state index < -0.39 is 9.84 Å². The predicted octanol–water partition coefficient (Wildman–Crippen LogP) is 3.30. The van der Waals surface area contributed by atoms with Crippen molar-refractivity contribution in [2.75, 3.05) is 31.2 Å². The van der Waals surface area contributed by atoms with Gasteiger partial charge in [-0.2, -0.15) is 0 Å². The second kappa shape index (κ2) is 8.98. The van der Waals surface area contributed by atoms with Crippen LogP contribution in [-0.2, 0) is 20.0 Å². The number of nitrogens with zero attached hydrogens (tertiary/aromatic N) is 1. The molecule has 0 aromatic heterocycles. The van der Waals surface area contributed by atoms with Crippen molar-refractivity contribution in [3.63, 3.8) is 0 Å². The highest BCUT2D eigenvalue weighted by Gasteiger charge is 2.47. The minimum absolute atomic E-state index is 0.0889. The van der Waals surface area contributed by atoms with Crippen molar-refractivity contribution in [3.8, 4) is 5.75 Å². The molecule has 0 bridgehead atoms. The molecule has 1 N–H and O–H groups in total. The molecule has 7 nitrogen and oxygen atoms in total. The Labute approximate surface area is 188 Å². The zero-order chi connectivity index (χ0) is 22.1. The van der Waals surface area contributed by atoms with Crippen LogP contribution in [0.2, 0.25) is 5.02 Å². The van der Waals surface area contributed by atoms with Crippen molar-refractivity contribution >= 4 is 33.4 Å². The summed E-state index contributed by atoms with van der Waals surface area (Å²) in [6.07, 6.45) is 6.02. The molecular formula is C22H29ClN2O5S. The quantitative estimate of drug-likeness (QED) is 0.375. The largest absolute Gasteiger partial charge is 0.493 e. The van der Waals surface area contributed by atoms with Crippen LogP contribution in [0.3, 0.4) is 0 Å². The molecule has 4 rings (SSSR count). The van der Waals surface area contributed by atoms with E-state index in [4.69, 9.17) is 16.3 Å². The number of nitrogens with one attached hydrogen (secondary N) is 1. The number of benzene rings is 1. The molecule has 170 valence electrons. The molecule has 0 unspecified atom stereocenters. The molecule has 2 saturated carbocycles. The summed E-state index contributed by atoms with van der Waals surface area (Å²) >= 11 is 6.29. The van der Waals surface area contributed by atoms with Gasteiger partial charge in [0.15, 0.2) is 9.84 Å². The zero-order valence-electron chi connectivity index (χ0n) is 17.6. The van der Waals surface area contributed by atoms with E-state index in [9.17, 15) is 18.0 Å². The lowest BCUT2D eigenvalue weighted by Crippen LogP contribution is -2.29. The Balaban J connectivity index is 1.26. The number of sulfone groups is 1. The number of hydrogen-bond acceptors (Lipinski definition) is 5. The average Bonchev–Trinajstić information content (AvgIpc) is 3.60. The Kier molecular flexibility index (Phi) is 6.49. The monoisotopic (exact) mass is 468 g/mol. The fraction of sp³-hybridized carbons (Fsp3) is 0.636. The molecule has 1 saturated heterocycles. The molecule has 1 aliphatic heterocycles. The van der Waals surface area contributed by atoms with Crippen LogP contribution in [0, 0.1) is 5.92 Å².